The minimum absolute atomic E-state index is 0.0489. The average Bonchev–Trinajstić information content (AvgIpc) is 3.16. The monoisotopic (exact) mass is 449 g/mol. The summed E-state index contributed by atoms with van der Waals surface area (Å²) in [7, 11) is 0. The molecular formula is C26H31N3O4. The maximum absolute atomic E-state index is 13.3. The maximum atomic E-state index is 13.3. The van der Waals surface area contributed by atoms with Gasteiger partial charge in [0.15, 0.2) is 0 Å². The predicted octanol–water partition coefficient (Wildman–Crippen LogP) is 3.54. The minimum atomic E-state index is -0.295. The summed E-state index contributed by atoms with van der Waals surface area (Å²) in [6.45, 7) is 6.34. The molecule has 0 aromatic heterocycles. The van der Waals surface area contributed by atoms with Crippen LogP contribution in [0.2, 0.25) is 0 Å². The summed E-state index contributed by atoms with van der Waals surface area (Å²) >= 11 is 0. The number of piperidine rings is 1. The van der Waals surface area contributed by atoms with Gasteiger partial charge in [-0.1, -0.05) is 42.0 Å². The lowest BCUT2D eigenvalue weighted by molar-refractivity contribution is 0.0556. The molecule has 2 aromatic carbocycles. The summed E-state index contributed by atoms with van der Waals surface area (Å²) in [6.07, 6.45) is 1.85. The Morgan fingerprint density at radius 2 is 1.88 bits per heavy atom. The Kier molecular flexibility index (Phi) is 6.96. The highest BCUT2D eigenvalue weighted by atomic mass is 16.6. The molecule has 33 heavy (non-hydrogen) atoms. The Labute approximate surface area is 194 Å². The van der Waals surface area contributed by atoms with Crippen LogP contribution in [0.5, 0.6) is 0 Å². The second kappa shape index (κ2) is 10.1. The summed E-state index contributed by atoms with van der Waals surface area (Å²) in [5, 5.41) is 2.97. The molecule has 174 valence electrons. The summed E-state index contributed by atoms with van der Waals surface area (Å²) < 4.78 is 5.08. The molecule has 0 radical (unpaired) electrons. The van der Waals surface area contributed by atoms with Gasteiger partial charge in [0.2, 0.25) is 0 Å². The molecule has 0 atom stereocenters. The van der Waals surface area contributed by atoms with Crippen LogP contribution in [0.15, 0.2) is 42.5 Å². The number of benzene rings is 2. The van der Waals surface area contributed by atoms with Gasteiger partial charge < -0.3 is 19.9 Å². The number of rotatable bonds is 6. The molecule has 1 fully saturated rings. The average molecular weight is 450 g/mol. The minimum Gasteiger partial charge on any atom is -0.450 e. The normalized spacial score (nSPS) is 16.0. The first-order valence-electron chi connectivity index (χ1n) is 11.7. The van der Waals surface area contributed by atoms with Crippen molar-refractivity contribution in [3.63, 3.8) is 0 Å². The highest BCUT2D eigenvalue weighted by molar-refractivity contribution is 6.09. The number of aryl methyl sites for hydroxylation is 1. The fourth-order valence-corrected chi connectivity index (χ4v) is 4.73. The lowest BCUT2D eigenvalue weighted by Crippen LogP contribution is -2.47. The van der Waals surface area contributed by atoms with Crippen LogP contribution in [0.4, 0.5) is 4.79 Å². The number of carbonyl (C=O) groups is 3. The van der Waals surface area contributed by atoms with E-state index in [0.717, 1.165) is 12.0 Å². The standard InChI is InChI=1S/C26H31N3O4/c1-3-33-26(32)28-14-11-21(12-15-28)29-17-20-8-5-9-22(23(20)25(29)31)24(30)27-13-10-19-7-4-6-18(2)16-19/h4-9,16,21H,3,10-15,17H2,1-2H3,(H,27,30). The van der Waals surface area contributed by atoms with E-state index in [-0.39, 0.29) is 23.9 Å². The molecule has 1 saturated heterocycles. The van der Waals surface area contributed by atoms with Gasteiger partial charge in [-0.15, -0.1) is 0 Å². The Balaban J connectivity index is 1.38. The van der Waals surface area contributed by atoms with Gasteiger partial charge in [-0.2, -0.15) is 0 Å². The zero-order chi connectivity index (χ0) is 23.4. The van der Waals surface area contributed by atoms with E-state index in [0.29, 0.717) is 56.8 Å². The number of carbonyl (C=O) groups excluding carboxylic acids is 3. The van der Waals surface area contributed by atoms with Crippen molar-refractivity contribution in [2.24, 2.45) is 0 Å². The number of likely N-dealkylation sites (tertiary alicyclic amines) is 1. The number of amides is 3. The summed E-state index contributed by atoms with van der Waals surface area (Å²) in [6, 6.07) is 13.8. The first kappa shape index (κ1) is 22.8. The molecule has 2 aliphatic rings. The van der Waals surface area contributed by atoms with Crippen LogP contribution < -0.4 is 5.32 Å². The molecular weight excluding hydrogens is 418 g/mol. The van der Waals surface area contributed by atoms with E-state index < -0.39 is 0 Å². The fraction of sp³-hybridized carbons (Fsp3) is 0.423. The van der Waals surface area contributed by atoms with Crippen molar-refractivity contribution in [2.75, 3.05) is 26.2 Å². The Morgan fingerprint density at radius 1 is 1.12 bits per heavy atom. The Morgan fingerprint density at radius 3 is 2.61 bits per heavy atom. The van der Waals surface area contributed by atoms with Crippen molar-refractivity contribution >= 4 is 17.9 Å². The second-order valence-corrected chi connectivity index (χ2v) is 8.68. The van der Waals surface area contributed by atoms with E-state index in [1.807, 2.05) is 42.2 Å². The van der Waals surface area contributed by atoms with Crippen LogP contribution in [0.3, 0.4) is 0 Å². The van der Waals surface area contributed by atoms with E-state index in [1.54, 1.807) is 17.9 Å². The van der Waals surface area contributed by atoms with Gasteiger partial charge in [-0.05, 0) is 50.3 Å². The van der Waals surface area contributed by atoms with Crippen LogP contribution in [0, 0.1) is 6.92 Å². The molecule has 0 unspecified atom stereocenters. The van der Waals surface area contributed by atoms with Crippen LogP contribution >= 0.6 is 0 Å². The van der Waals surface area contributed by atoms with Crippen molar-refractivity contribution in [3.05, 3.63) is 70.3 Å². The predicted molar refractivity (Wildman–Crippen MR) is 125 cm³/mol. The third kappa shape index (κ3) is 5.02. The van der Waals surface area contributed by atoms with Gasteiger partial charge in [0.25, 0.3) is 11.8 Å². The molecule has 3 amide bonds. The van der Waals surface area contributed by atoms with E-state index in [9.17, 15) is 14.4 Å². The number of ether oxygens (including phenoxy) is 1. The highest BCUT2D eigenvalue weighted by Gasteiger charge is 2.37. The topological polar surface area (TPSA) is 79.0 Å². The number of nitrogens with zero attached hydrogens (tertiary/aromatic N) is 2. The van der Waals surface area contributed by atoms with E-state index in [1.165, 1.54) is 11.1 Å². The van der Waals surface area contributed by atoms with Crippen LogP contribution in [-0.2, 0) is 17.7 Å². The number of nitrogens with one attached hydrogen (secondary N) is 1. The first-order chi connectivity index (χ1) is 16.0. The number of hydrogen-bond donors (Lipinski definition) is 1. The molecule has 2 aliphatic heterocycles. The van der Waals surface area contributed by atoms with Crippen molar-refractivity contribution in [2.45, 2.75) is 45.7 Å². The lowest BCUT2D eigenvalue weighted by atomic mass is 10.0. The van der Waals surface area contributed by atoms with Crippen LogP contribution in [0.1, 0.15) is 57.2 Å². The van der Waals surface area contributed by atoms with Gasteiger partial charge in [0, 0.05) is 32.2 Å². The maximum Gasteiger partial charge on any atom is 0.409 e. The summed E-state index contributed by atoms with van der Waals surface area (Å²) in [4.78, 5) is 41.8. The smallest absolute Gasteiger partial charge is 0.409 e. The molecule has 0 saturated carbocycles. The summed E-state index contributed by atoms with van der Waals surface area (Å²) in [5.41, 5.74) is 4.20. The van der Waals surface area contributed by atoms with Crippen LogP contribution in [0.25, 0.3) is 0 Å². The zero-order valence-electron chi connectivity index (χ0n) is 19.3. The molecule has 2 aromatic rings. The van der Waals surface area contributed by atoms with E-state index in [4.69, 9.17) is 4.74 Å². The molecule has 2 heterocycles. The van der Waals surface area contributed by atoms with Gasteiger partial charge >= 0.3 is 6.09 Å². The van der Waals surface area contributed by atoms with Crippen molar-refractivity contribution in [1.29, 1.82) is 0 Å². The second-order valence-electron chi connectivity index (χ2n) is 8.68. The third-order valence-electron chi connectivity index (χ3n) is 6.42. The van der Waals surface area contributed by atoms with Crippen molar-refractivity contribution in [3.8, 4) is 0 Å². The Bertz CT molecular complexity index is 1040. The highest BCUT2D eigenvalue weighted by Crippen LogP contribution is 2.31. The van der Waals surface area contributed by atoms with Gasteiger partial charge in [-0.25, -0.2) is 4.79 Å². The molecule has 7 nitrogen and oxygen atoms in total. The molecule has 4 rings (SSSR count). The fourth-order valence-electron chi connectivity index (χ4n) is 4.73. The van der Waals surface area contributed by atoms with Crippen LogP contribution in [-0.4, -0.2) is 60.0 Å². The molecule has 0 spiro atoms. The summed E-state index contributed by atoms with van der Waals surface area (Å²) in [5.74, 6) is -0.309. The third-order valence-corrected chi connectivity index (χ3v) is 6.42. The van der Waals surface area contributed by atoms with Gasteiger partial charge in [0.1, 0.15) is 0 Å². The van der Waals surface area contributed by atoms with E-state index in [2.05, 4.69) is 11.4 Å². The molecule has 7 heteroatoms. The molecule has 0 bridgehead atoms. The van der Waals surface area contributed by atoms with E-state index >= 15 is 0 Å². The largest absolute Gasteiger partial charge is 0.450 e. The quantitative estimate of drug-likeness (QED) is 0.732. The molecule has 1 N–H and O–H groups in total. The number of fused-ring (bicyclic) bond motifs is 1. The lowest BCUT2D eigenvalue weighted by Gasteiger charge is -2.36. The first-order valence-corrected chi connectivity index (χ1v) is 11.7. The zero-order valence-corrected chi connectivity index (χ0v) is 19.3. The SMILES string of the molecule is CCOC(=O)N1CCC(N2Cc3cccc(C(=O)NCCc4cccc(C)c4)c3C2=O)CC1. The van der Waals surface area contributed by atoms with Gasteiger partial charge in [-0.3, -0.25) is 9.59 Å². The molecule has 0 aliphatic carbocycles. The number of hydrogen-bond acceptors (Lipinski definition) is 4. The Hall–Kier alpha value is -3.35. The van der Waals surface area contributed by atoms with Crippen molar-refractivity contribution in [1.82, 2.24) is 15.1 Å². The van der Waals surface area contributed by atoms with Gasteiger partial charge in [0.05, 0.1) is 17.7 Å². The van der Waals surface area contributed by atoms with Crippen molar-refractivity contribution < 1.29 is 19.1 Å².